The van der Waals surface area contributed by atoms with Gasteiger partial charge in [0.05, 0.1) is 0 Å². The Labute approximate surface area is 88.6 Å². The maximum Gasteiger partial charge on any atom is 0.0346 e. The van der Waals surface area contributed by atoms with Gasteiger partial charge in [0.25, 0.3) is 0 Å². The highest BCUT2D eigenvalue weighted by Gasteiger charge is 1.92. The van der Waals surface area contributed by atoms with Crippen LogP contribution in [0.5, 0.6) is 0 Å². The number of benzene rings is 1. The van der Waals surface area contributed by atoms with E-state index in [-0.39, 0.29) is 0 Å². The molecular formula is C13H23N. The number of nitrogens with two attached hydrogens (primary N) is 1. The first-order valence-corrected chi connectivity index (χ1v) is 5.02. The molecule has 0 aliphatic rings. The molecule has 14 heavy (non-hydrogen) atoms. The molecule has 0 heterocycles. The second-order valence-corrected chi connectivity index (χ2v) is 2.70. The highest BCUT2D eigenvalue weighted by Crippen LogP contribution is 2.13. The molecule has 1 nitrogen and oxygen atoms in total. The molecule has 2 N–H and O–H groups in total. The lowest BCUT2D eigenvalue weighted by molar-refractivity contribution is 1.35. The van der Waals surface area contributed by atoms with Gasteiger partial charge in [-0.1, -0.05) is 32.1 Å². The van der Waals surface area contributed by atoms with E-state index in [1.54, 1.807) is 6.08 Å². The monoisotopic (exact) mass is 193 g/mol. The van der Waals surface area contributed by atoms with Crippen molar-refractivity contribution in [3.8, 4) is 0 Å². The Morgan fingerprint density at radius 2 is 1.64 bits per heavy atom. The molecule has 0 unspecified atom stereocenters. The third kappa shape index (κ3) is 6.30. The van der Waals surface area contributed by atoms with E-state index in [0.717, 1.165) is 5.69 Å². The molecule has 0 aliphatic heterocycles. The number of nitrogen functional groups attached to an aromatic ring is 1. The van der Waals surface area contributed by atoms with Crippen molar-refractivity contribution in [2.75, 3.05) is 5.73 Å². The predicted octanol–water partition coefficient (Wildman–Crippen LogP) is 4.10. The summed E-state index contributed by atoms with van der Waals surface area (Å²) in [6.45, 7) is 13.3. The summed E-state index contributed by atoms with van der Waals surface area (Å²) in [7, 11) is 0. The van der Waals surface area contributed by atoms with Gasteiger partial charge in [0.2, 0.25) is 0 Å². The Bertz CT molecular complexity index is 231. The van der Waals surface area contributed by atoms with Crippen LogP contribution in [0.4, 0.5) is 5.69 Å². The van der Waals surface area contributed by atoms with Crippen LogP contribution in [0.1, 0.15) is 31.9 Å². The molecule has 1 rings (SSSR count). The van der Waals surface area contributed by atoms with Crippen LogP contribution >= 0.6 is 0 Å². The SMILES string of the molecule is C=CC.CC.Cc1cccc(N)c1C. The van der Waals surface area contributed by atoms with Crippen molar-refractivity contribution in [3.05, 3.63) is 42.0 Å². The minimum atomic E-state index is 0.884. The molecule has 0 amide bonds. The number of hydrogen-bond acceptors (Lipinski definition) is 1. The lowest BCUT2D eigenvalue weighted by atomic mass is 10.1. The average molecular weight is 193 g/mol. The van der Waals surface area contributed by atoms with E-state index in [0.29, 0.717) is 0 Å². The van der Waals surface area contributed by atoms with E-state index in [4.69, 9.17) is 5.73 Å². The largest absolute Gasteiger partial charge is 0.399 e. The first-order valence-electron chi connectivity index (χ1n) is 5.02. The van der Waals surface area contributed by atoms with Crippen molar-refractivity contribution in [1.82, 2.24) is 0 Å². The molecule has 0 spiro atoms. The molecule has 0 aromatic heterocycles. The highest BCUT2D eigenvalue weighted by molar-refractivity contribution is 5.49. The molecule has 1 aromatic rings. The minimum absolute atomic E-state index is 0.884. The molecule has 0 aliphatic carbocycles. The molecule has 1 aromatic carbocycles. The van der Waals surface area contributed by atoms with Gasteiger partial charge in [-0.3, -0.25) is 0 Å². The van der Waals surface area contributed by atoms with E-state index in [9.17, 15) is 0 Å². The number of hydrogen-bond donors (Lipinski definition) is 1. The zero-order valence-electron chi connectivity index (χ0n) is 10.1. The Morgan fingerprint density at radius 3 is 1.93 bits per heavy atom. The van der Waals surface area contributed by atoms with Crippen LogP contribution in [-0.2, 0) is 0 Å². The van der Waals surface area contributed by atoms with Crippen LogP contribution in [0.25, 0.3) is 0 Å². The summed E-state index contributed by atoms with van der Waals surface area (Å²) in [5, 5.41) is 0. The van der Waals surface area contributed by atoms with E-state index in [1.165, 1.54) is 11.1 Å². The average Bonchev–Trinajstić information content (AvgIpc) is 2.19. The van der Waals surface area contributed by atoms with Gasteiger partial charge < -0.3 is 5.73 Å². The molecule has 0 saturated heterocycles. The summed E-state index contributed by atoms with van der Waals surface area (Å²) >= 11 is 0. The Morgan fingerprint density at radius 1 is 1.21 bits per heavy atom. The maximum absolute atomic E-state index is 5.62. The lowest BCUT2D eigenvalue weighted by Gasteiger charge is -2.00. The minimum Gasteiger partial charge on any atom is -0.399 e. The first kappa shape index (κ1) is 15.2. The number of allylic oxidation sites excluding steroid dienone is 1. The summed E-state index contributed by atoms with van der Waals surface area (Å²) in [5.41, 5.74) is 8.96. The maximum atomic E-state index is 5.62. The van der Waals surface area contributed by atoms with Crippen LogP contribution in [0, 0.1) is 13.8 Å². The van der Waals surface area contributed by atoms with E-state index in [2.05, 4.69) is 19.6 Å². The Hall–Kier alpha value is -1.24. The van der Waals surface area contributed by atoms with Crippen molar-refractivity contribution in [2.24, 2.45) is 0 Å². The zero-order valence-corrected chi connectivity index (χ0v) is 10.1. The number of anilines is 1. The van der Waals surface area contributed by atoms with E-state index >= 15 is 0 Å². The topological polar surface area (TPSA) is 26.0 Å². The highest BCUT2D eigenvalue weighted by atomic mass is 14.5. The molecular weight excluding hydrogens is 170 g/mol. The van der Waals surface area contributed by atoms with Gasteiger partial charge in [-0.05, 0) is 38.0 Å². The van der Waals surface area contributed by atoms with Crippen molar-refractivity contribution >= 4 is 5.69 Å². The van der Waals surface area contributed by atoms with Gasteiger partial charge in [0.15, 0.2) is 0 Å². The Kier molecular flexibility index (Phi) is 10.7. The predicted molar refractivity (Wildman–Crippen MR) is 67.5 cm³/mol. The second-order valence-electron chi connectivity index (χ2n) is 2.70. The third-order valence-electron chi connectivity index (χ3n) is 1.65. The summed E-state index contributed by atoms with van der Waals surface area (Å²) in [4.78, 5) is 0. The van der Waals surface area contributed by atoms with Crippen LogP contribution < -0.4 is 5.73 Å². The third-order valence-corrected chi connectivity index (χ3v) is 1.65. The molecule has 80 valence electrons. The summed E-state index contributed by atoms with van der Waals surface area (Å²) in [6.07, 6.45) is 1.75. The normalized spacial score (nSPS) is 7.50. The van der Waals surface area contributed by atoms with Gasteiger partial charge in [0.1, 0.15) is 0 Å². The zero-order chi connectivity index (χ0) is 11.6. The van der Waals surface area contributed by atoms with E-state index in [1.807, 2.05) is 39.8 Å². The van der Waals surface area contributed by atoms with Crippen molar-refractivity contribution < 1.29 is 0 Å². The smallest absolute Gasteiger partial charge is 0.0346 e. The first-order chi connectivity index (χ1) is 6.63. The van der Waals surface area contributed by atoms with Gasteiger partial charge in [-0.15, -0.1) is 6.58 Å². The molecule has 0 fully saturated rings. The molecule has 0 bridgehead atoms. The fraction of sp³-hybridized carbons (Fsp3) is 0.385. The number of aryl methyl sites for hydroxylation is 1. The van der Waals surface area contributed by atoms with Crippen molar-refractivity contribution in [1.29, 1.82) is 0 Å². The van der Waals surface area contributed by atoms with Crippen molar-refractivity contribution in [2.45, 2.75) is 34.6 Å². The molecule has 0 atom stereocenters. The van der Waals surface area contributed by atoms with Crippen molar-refractivity contribution in [3.63, 3.8) is 0 Å². The molecule has 1 heteroatoms. The summed E-state index contributed by atoms with van der Waals surface area (Å²) < 4.78 is 0. The fourth-order valence-electron chi connectivity index (χ4n) is 0.774. The van der Waals surface area contributed by atoms with Crippen LogP contribution in [0.2, 0.25) is 0 Å². The van der Waals surface area contributed by atoms with Crippen LogP contribution in [0.3, 0.4) is 0 Å². The van der Waals surface area contributed by atoms with Gasteiger partial charge >= 0.3 is 0 Å². The fourth-order valence-corrected chi connectivity index (χ4v) is 0.774. The summed E-state index contributed by atoms with van der Waals surface area (Å²) in [5.74, 6) is 0. The lowest BCUT2D eigenvalue weighted by Crippen LogP contribution is -1.90. The second kappa shape index (κ2) is 9.85. The summed E-state index contributed by atoms with van der Waals surface area (Å²) in [6, 6.07) is 5.95. The van der Waals surface area contributed by atoms with Gasteiger partial charge in [-0.25, -0.2) is 0 Å². The van der Waals surface area contributed by atoms with E-state index < -0.39 is 0 Å². The standard InChI is InChI=1S/C8H11N.C3H6.C2H6/c1-6-4-3-5-8(9)7(6)2;1-3-2;1-2/h3-5H,9H2,1-2H3;3H,1H2,2H3;1-2H3. The van der Waals surface area contributed by atoms with Crippen LogP contribution in [-0.4, -0.2) is 0 Å². The van der Waals surface area contributed by atoms with Crippen LogP contribution in [0.15, 0.2) is 30.9 Å². The molecule has 0 saturated carbocycles. The Balaban J connectivity index is 0. The quantitative estimate of drug-likeness (QED) is 0.487. The van der Waals surface area contributed by atoms with Gasteiger partial charge in [-0.2, -0.15) is 0 Å². The molecule has 0 radical (unpaired) electrons. The van der Waals surface area contributed by atoms with Gasteiger partial charge in [0, 0.05) is 5.69 Å². The number of rotatable bonds is 0.